The van der Waals surface area contributed by atoms with Crippen LogP contribution in [0.15, 0.2) is 54.6 Å². The Kier molecular flexibility index (Phi) is 8.79. The third kappa shape index (κ3) is 7.31. The van der Waals surface area contributed by atoms with Crippen molar-refractivity contribution >= 4 is 11.7 Å². The molecule has 2 N–H and O–H groups in total. The highest BCUT2D eigenvalue weighted by Crippen LogP contribution is 2.27. The van der Waals surface area contributed by atoms with Crippen molar-refractivity contribution in [3.05, 3.63) is 65.7 Å². The molecule has 5 nitrogen and oxygen atoms in total. The van der Waals surface area contributed by atoms with E-state index in [4.69, 9.17) is 0 Å². The van der Waals surface area contributed by atoms with Crippen molar-refractivity contribution in [3.8, 4) is 0 Å². The Hall–Kier alpha value is -2.37. The standard InChI is InChI=1S/C28H40N4O/c1-23(20-24-10-4-2-5-11-24)29-21-26-14-8-9-15-27(26)30-28(33)32-18-16-31(17-19-32)22-25-12-6-3-7-13-25/h3,6-9,12-15,23-24,29H,2,4-5,10-11,16-22H2,1H3,(H,30,33). The molecule has 2 aromatic carbocycles. The Balaban J connectivity index is 1.24. The Morgan fingerprint density at radius 3 is 2.39 bits per heavy atom. The number of hydrogen-bond acceptors (Lipinski definition) is 3. The topological polar surface area (TPSA) is 47.6 Å². The second-order valence-corrected chi connectivity index (χ2v) is 9.86. The number of amides is 2. The molecule has 178 valence electrons. The van der Waals surface area contributed by atoms with Crippen LogP contribution in [0.1, 0.15) is 56.6 Å². The van der Waals surface area contributed by atoms with Gasteiger partial charge in [0.25, 0.3) is 0 Å². The van der Waals surface area contributed by atoms with Gasteiger partial charge in [0.15, 0.2) is 0 Å². The Morgan fingerprint density at radius 2 is 1.64 bits per heavy atom. The average molecular weight is 449 g/mol. The summed E-state index contributed by atoms with van der Waals surface area (Å²) >= 11 is 0. The van der Waals surface area contributed by atoms with Gasteiger partial charge in [-0.25, -0.2) is 4.79 Å². The number of carbonyl (C=O) groups is 1. The lowest BCUT2D eigenvalue weighted by molar-refractivity contribution is 0.143. The molecule has 5 heteroatoms. The van der Waals surface area contributed by atoms with Crippen LogP contribution in [0.4, 0.5) is 10.5 Å². The number of piperazine rings is 1. The summed E-state index contributed by atoms with van der Waals surface area (Å²) in [5.41, 5.74) is 3.41. The zero-order chi connectivity index (χ0) is 22.9. The molecule has 2 fully saturated rings. The van der Waals surface area contributed by atoms with Crippen molar-refractivity contribution in [3.63, 3.8) is 0 Å². The van der Waals surface area contributed by atoms with Gasteiger partial charge in [0.05, 0.1) is 0 Å². The summed E-state index contributed by atoms with van der Waals surface area (Å²) in [7, 11) is 0. The number of nitrogens with zero attached hydrogens (tertiary/aromatic N) is 2. The largest absolute Gasteiger partial charge is 0.322 e. The molecule has 0 bridgehead atoms. The van der Waals surface area contributed by atoms with Gasteiger partial charge in [-0.3, -0.25) is 4.90 Å². The summed E-state index contributed by atoms with van der Waals surface area (Å²) in [5.74, 6) is 0.872. The van der Waals surface area contributed by atoms with E-state index in [-0.39, 0.29) is 6.03 Å². The first-order valence-corrected chi connectivity index (χ1v) is 12.8. The van der Waals surface area contributed by atoms with E-state index in [0.29, 0.717) is 6.04 Å². The van der Waals surface area contributed by atoms with Gasteiger partial charge in [-0.1, -0.05) is 80.6 Å². The number of rotatable bonds is 8. The second-order valence-electron chi connectivity index (χ2n) is 9.86. The Bertz CT molecular complexity index is 857. The van der Waals surface area contributed by atoms with Gasteiger partial charge in [0.1, 0.15) is 0 Å². The number of anilines is 1. The number of para-hydroxylation sites is 1. The van der Waals surface area contributed by atoms with Crippen molar-refractivity contribution in [2.45, 2.75) is 64.6 Å². The van der Waals surface area contributed by atoms with Crippen LogP contribution in [0, 0.1) is 5.92 Å². The van der Waals surface area contributed by atoms with Crippen LogP contribution in [-0.2, 0) is 13.1 Å². The van der Waals surface area contributed by atoms with E-state index in [1.807, 2.05) is 17.0 Å². The van der Waals surface area contributed by atoms with Crippen LogP contribution in [0.2, 0.25) is 0 Å². The summed E-state index contributed by atoms with van der Waals surface area (Å²) in [6.07, 6.45) is 8.23. The predicted octanol–water partition coefficient (Wildman–Crippen LogP) is 5.48. The molecule has 1 heterocycles. The van der Waals surface area contributed by atoms with Crippen molar-refractivity contribution in [2.75, 3.05) is 31.5 Å². The van der Waals surface area contributed by atoms with Gasteiger partial charge in [0.2, 0.25) is 0 Å². The third-order valence-corrected chi connectivity index (χ3v) is 7.22. The van der Waals surface area contributed by atoms with E-state index in [1.165, 1.54) is 44.1 Å². The first-order chi connectivity index (χ1) is 16.2. The minimum atomic E-state index is 0.0112. The zero-order valence-corrected chi connectivity index (χ0v) is 20.1. The lowest BCUT2D eigenvalue weighted by atomic mass is 9.85. The van der Waals surface area contributed by atoms with Gasteiger partial charge in [0, 0.05) is 51.0 Å². The fourth-order valence-corrected chi connectivity index (χ4v) is 5.23. The van der Waals surface area contributed by atoms with E-state index >= 15 is 0 Å². The van der Waals surface area contributed by atoms with E-state index in [1.54, 1.807) is 0 Å². The molecule has 2 aliphatic rings. The highest BCUT2D eigenvalue weighted by atomic mass is 16.2. The fraction of sp³-hybridized carbons (Fsp3) is 0.536. The average Bonchev–Trinajstić information content (AvgIpc) is 2.85. The van der Waals surface area contributed by atoms with Crippen molar-refractivity contribution in [1.82, 2.24) is 15.1 Å². The lowest BCUT2D eigenvalue weighted by Crippen LogP contribution is -2.49. The maximum atomic E-state index is 13.0. The molecule has 1 aliphatic carbocycles. The Labute approximate surface area is 199 Å². The first kappa shape index (κ1) is 23.8. The van der Waals surface area contributed by atoms with E-state index in [2.05, 4.69) is 64.9 Å². The molecule has 33 heavy (non-hydrogen) atoms. The van der Waals surface area contributed by atoms with Crippen LogP contribution < -0.4 is 10.6 Å². The molecule has 1 unspecified atom stereocenters. The quantitative estimate of drug-likeness (QED) is 0.562. The van der Waals surface area contributed by atoms with Gasteiger partial charge in [-0.15, -0.1) is 0 Å². The van der Waals surface area contributed by atoms with E-state index in [9.17, 15) is 4.79 Å². The van der Waals surface area contributed by atoms with Crippen molar-refractivity contribution in [1.29, 1.82) is 0 Å². The first-order valence-electron chi connectivity index (χ1n) is 12.8. The van der Waals surface area contributed by atoms with E-state index < -0.39 is 0 Å². The maximum absolute atomic E-state index is 13.0. The van der Waals surface area contributed by atoms with E-state index in [0.717, 1.165) is 56.4 Å². The monoisotopic (exact) mass is 448 g/mol. The molecule has 1 atom stereocenters. The molecule has 0 radical (unpaired) electrons. The summed E-state index contributed by atoms with van der Waals surface area (Å²) in [4.78, 5) is 17.3. The number of benzene rings is 2. The summed E-state index contributed by atoms with van der Waals surface area (Å²) in [6.45, 7) is 7.37. The highest BCUT2D eigenvalue weighted by molar-refractivity contribution is 5.90. The normalized spacial score (nSPS) is 18.8. The number of carbonyl (C=O) groups excluding carboxylic acids is 1. The highest BCUT2D eigenvalue weighted by Gasteiger charge is 2.22. The van der Waals surface area contributed by atoms with Crippen molar-refractivity contribution < 1.29 is 4.79 Å². The minimum absolute atomic E-state index is 0.0112. The SMILES string of the molecule is CC(CC1CCCCC1)NCc1ccccc1NC(=O)N1CCN(Cc2ccccc2)CC1. The van der Waals surface area contributed by atoms with Crippen LogP contribution in [0.3, 0.4) is 0 Å². The Morgan fingerprint density at radius 1 is 0.939 bits per heavy atom. The number of urea groups is 1. The van der Waals surface area contributed by atoms with Crippen molar-refractivity contribution in [2.24, 2.45) is 5.92 Å². The van der Waals surface area contributed by atoms with Gasteiger partial charge >= 0.3 is 6.03 Å². The molecule has 2 amide bonds. The number of hydrogen-bond donors (Lipinski definition) is 2. The second kappa shape index (κ2) is 12.2. The van der Waals surface area contributed by atoms with Crippen LogP contribution >= 0.6 is 0 Å². The number of nitrogens with one attached hydrogen (secondary N) is 2. The molecule has 1 saturated heterocycles. The van der Waals surface area contributed by atoms with Gasteiger partial charge in [-0.05, 0) is 36.5 Å². The molecule has 0 spiro atoms. The summed E-state index contributed by atoms with van der Waals surface area (Å²) in [5, 5.41) is 6.88. The fourth-order valence-electron chi connectivity index (χ4n) is 5.23. The van der Waals surface area contributed by atoms with Gasteiger partial charge < -0.3 is 15.5 Å². The zero-order valence-electron chi connectivity index (χ0n) is 20.1. The summed E-state index contributed by atoms with van der Waals surface area (Å²) in [6, 6.07) is 19.3. The third-order valence-electron chi connectivity index (χ3n) is 7.22. The molecule has 1 saturated carbocycles. The molecule has 1 aliphatic heterocycles. The smallest absolute Gasteiger partial charge is 0.321 e. The molecular formula is C28H40N4O. The lowest BCUT2D eigenvalue weighted by Gasteiger charge is -2.34. The van der Waals surface area contributed by atoms with Crippen LogP contribution in [0.25, 0.3) is 0 Å². The molecule has 2 aromatic rings. The molecule has 4 rings (SSSR count). The maximum Gasteiger partial charge on any atom is 0.321 e. The minimum Gasteiger partial charge on any atom is -0.322 e. The molecular weight excluding hydrogens is 408 g/mol. The summed E-state index contributed by atoms with van der Waals surface area (Å²) < 4.78 is 0. The van der Waals surface area contributed by atoms with Gasteiger partial charge in [-0.2, -0.15) is 0 Å². The van der Waals surface area contributed by atoms with Crippen LogP contribution in [0.5, 0.6) is 0 Å². The predicted molar refractivity (Wildman–Crippen MR) is 136 cm³/mol. The van der Waals surface area contributed by atoms with Crippen LogP contribution in [-0.4, -0.2) is 48.1 Å². The molecule has 0 aromatic heterocycles.